The Morgan fingerprint density at radius 1 is 0.444 bits per heavy atom. The molecule has 2 heteroatoms. The molecule has 7 rings (SSSR count). The van der Waals surface area contributed by atoms with Crippen LogP contribution in [0.3, 0.4) is 0 Å². The summed E-state index contributed by atoms with van der Waals surface area (Å²) in [6.45, 7) is 12.3. The van der Waals surface area contributed by atoms with Gasteiger partial charge in [-0.2, -0.15) is 0 Å². The third-order valence-corrected chi connectivity index (χ3v) is 11.6. The van der Waals surface area contributed by atoms with Crippen molar-refractivity contribution in [1.29, 1.82) is 0 Å². The van der Waals surface area contributed by atoms with E-state index in [1.54, 1.807) is 0 Å². The molecular formula is C61H71NTi+2. The Kier molecular flexibility index (Phi) is 22.4. The van der Waals surface area contributed by atoms with E-state index in [-0.39, 0.29) is 33.2 Å². The number of benzene rings is 6. The summed E-state index contributed by atoms with van der Waals surface area (Å²) < 4.78 is 0. The Morgan fingerprint density at radius 2 is 0.794 bits per heavy atom. The monoisotopic (exact) mass is 866 g/mol. The molecule has 1 nitrogen and oxygen atoms in total. The molecule has 6 aromatic carbocycles. The first-order valence-corrected chi connectivity index (χ1v) is 23.2. The van der Waals surface area contributed by atoms with E-state index in [4.69, 9.17) is 0 Å². The van der Waals surface area contributed by atoms with Crippen molar-refractivity contribution in [2.75, 3.05) is 13.6 Å². The van der Waals surface area contributed by atoms with E-state index < -0.39 is 0 Å². The second-order valence-electron chi connectivity index (χ2n) is 17.3. The Morgan fingerprint density at radius 3 is 1.19 bits per heavy atom. The second-order valence-corrected chi connectivity index (χ2v) is 17.3. The zero-order chi connectivity index (χ0) is 43.8. The largest absolute Gasteiger partial charge is 2.00 e. The number of nitrogens with zero attached hydrogens (tertiary/aromatic N) is 1. The molecule has 1 atom stereocenters. The molecular weight excluding hydrogens is 795 g/mol. The summed E-state index contributed by atoms with van der Waals surface area (Å²) in [6, 6.07) is 64.5. The molecule has 1 unspecified atom stereocenters. The average Bonchev–Trinajstić information content (AvgIpc) is 3.65. The first kappa shape index (κ1) is 50.6. The van der Waals surface area contributed by atoms with Gasteiger partial charge in [-0.25, -0.2) is 0 Å². The van der Waals surface area contributed by atoms with Gasteiger partial charge in [0.2, 0.25) is 0 Å². The van der Waals surface area contributed by atoms with Crippen LogP contribution >= 0.6 is 0 Å². The van der Waals surface area contributed by atoms with Gasteiger partial charge in [0.25, 0.3) is 0 Å². The van der Waals surface area contributed by atoms with E-state index in [0.29, 0.717) is 0 Å². The molecule has 0 fully saturated rings. The van der Waals surface area contributed by atoms with Crippen LogP contribution in [0.4, 0.5) is 0 Å². The van der Waals surface area contributed by atoms with Crippen molar-refractivity contribution in [3.05, 3.63) is 233 Å². The SMILES string of the molecule is C(C=Cc1ccccc1)=Cc1ccccc1.CCCCCCCCCC.CN(CC1=C(c2ccccc2)C(c2ccccc2)=C(c2ccccc2)C1c1ccccc1)C(C)(C)C.[Ti+2]. The summed E-state index contributed by atoms with van der Waals surface area (Å²) in [4.78, 5) is 2.48. The molecule has 0 N–H and O–H groups in total. The molecule has 0 saturated carbocycles. The van der Waals surface area contributed by atoms with Crippen LogP contribution in [0.15, 0.2) is 200 Å². The molecule has 0 aliphatic heterocycles. The first-order valence-electron chi connectivity index (χ1n) is 23.2. The van der Waals surface area contributed by atoms with Crippen molar-refractivity contribution >= 4 is 28.9 Å². The Hall–Kier alpha value is -5.05. The summed E-state index contributed by atoms with van der Waals surface area (Å²) in [5, 5.41) is 0. The van der Waals surface area contributed by atoms with Crippen LogP contribution in [0.5, 0.6) is 0 Å². The normalized spacial score (nSPS) is 13.7. The van der Waals surface area contributed by atoms with Gasteiger partial charge in [-0.3, -0.25) is 4.90 Å². The van der Waals surface area contributed by atoms with Gasteiger partial charge in [-0.1, -0.05) is 272 Å². The minimum absolute atomic E-state index is 0. The van der Waals surface area contributed by atoms with Crippen LogP contribution in [0, 0.1) is 0 Å². The topological polar surface area (TPSA) is 3.24 Å². The van der Waals surface area contributed by atoms with E-state index in [0.717, 1.165) is 6.54 Å². The number of likely N-dealkylation sites (N-methyl/N-ethyl adjacent to an activating group) is 1. The standard InChI is InChI=1S/C35H35N.C16H14.C10H22.Ti/c1-35(2,3)36(4)25-30-31(26-17-9-5-10-18-26)33(28-21-13-7-14-22-28)34(29-23-15-8-16-24-29)32(30)27-19-11-6-12-20-27;1-3-9-15(10-4-1)13-7-8-14-16-11-5-2-6-12-16;1-3-5-7-9-10-8-6-4-2;/h5-24,31H,25H2,1-4H3;1-14H;3-10H2,1-2H3;/q;;;+2. The summed E-state index contributed by atoms with van der Waals surface area (Å²) >= 11 is 0. The molecule has 1 aliphatic rings. The first-order chi connectivity index (χ1) is 30.3. The predicted octanol–water partition coefficient (Wildman–Crippen LogP) is 17.1. The molecule has 0 spiro atoms. The fraction of sp³-hybridized carbons (Fsp3) is 0.279. The van der Waals surface area contributed by atoms with Crippen molar-refractivity contribution in [2.24, 2.45) is 0 Å². The van der Waals surface area contributed by atoms with Gasteiger partial charge in [0.15, 0.2) is 0 Å². The van der Waals surface area contributed by atoms with Crippen molar-refractivity contribution in [3.8, 4) is 0 Å². The van der Waals surface area contributed by atoms with E-state index in [1.165, 1.54) is 107 Å². The quantitative estimate of drug-likeness (QED) is 0.0532. The summed E-state index contributed by atoms with van der Waals surface area (Å²) in [7, 11) is 2.25. The van der Waals surface area contributed by atoms with E-state index >= 15 is 0 Å². The fourth-order valence-electron chi connectivity index (χ4n) is 7.87. The number of rotatable bonds is 16. The van der Waals surface area contributed by atoms with Gasteiger partial charge in [0, 0.05) is 18.0 Å². The van der Waals surface area contributed by atoms with E-state index in [1.807, 2.05) is 36.4 Å². The van der Waals surface area contributed by atoms with E-state index in [9.17, 15) is 0 Å². The van der Waals surface area contributed by atoms with Gasteiger partial charge in [0.1, 0.15) is 0 Å². The number of hydrogen-bond acceptors (Lipinski definition) is 1. The average molecular weight is 866 g/mol. The zero-order valence-electron chi connectivity index (χ0n) is 39.0. The minimum atomic E-state index is 0. The van der Waals surface area contributed by atoms with Crippen molar-refractivity contribution in [1.82, 2.24) is 4.90 Å². The predicted molar refractivity (Wildman–Crippen MR) is 274 cm³/mol. The maximum absolute atomic E-state index is 2.48. The number of unbranched alkanes of at least 4 members (excludes halogenated alkanes) is 7. The van der Waals surface area contributed by atoms with Crippen LogP contribution < -0.4 is 0 Å². The maximum atomic E-state index is 2.48. The van der Waals surface area contributed by atoms with Crippen molar-refractivity contribution in [2.45, 2.75) is 97.4 Å². The van der Waals surface area contributed by atoms with Gasteiger partial charge in [-0.15, -0.1) is 0 Å². The van der Waals surface area contributed by atoms with Crippen LogP contribution in [0.1, 0.15) is 125 Å². The Bertz CT molecular complexity index is 2190. The van der Waals surface area contributed by atoms with Crippen LogP contribution in [-0.4, -0.2) is 24.0 Å². The molecule has 63 heavy (non-hydrogen) atoms. The molecule has 322 valence electrons. The molecule has 1 aliphatic carbocycles. The molecule has 0 amide bonds. The molecule has 0 heterocycles. The minimum Gasteiger partial charge on any atom is -0.298 e. The van der Waals surface area contributed by atoms with Gasteiger partial charge >= 0.3 is 21.7 Å². The fourth-order valence-corrected chi connectivity index (χ4v) is 7.87. The zero-order valence-corrected chi connectivity index (χ0v) is 40.6. The molecule has 0 bridgehead atoms. The Labute approximate surface area is 397 Å². The van der Waals surface area contributed by atoms with Crippen LogP contribution in [0.2, 0.25) is 0 Å². The van der Waals surface area contributed by atoms with Crippen LogP contribution in [0.25, 0.3) is 28.9 Å². The third kappa shape index (κ3) is 16.2. The van der Waals surface area contributed by atoms with Gasteiger partial charge < -0.3 is 0 Å². The van der Waals surface area contributed by atoms with Crippen LogP contribution in [-0.2, 0) is 21.7 Å². The van der Waals surface area contributed by atoms with Crippen molar-refractivity contribution < 1.29 is 21.7 Å². The summed E-state index contributed by atoms with van der Waals surface area (Å²) in [5.41, 5.74) is 13.2. The molecule has 0 saturated heterocycles. The van der Waals surface area contributed by atoms with Gasteiger partial charge in [-0.05, 0) is 83.5 Å². The summed E-state index contributed by atoms with van der Waals surface area (Å²) in [5.74, 6) is 0.170. The molecule has 0 aromatic heterocycles. The third-order valence-electron chi connectivity index (χ3n) is 11.6. The molecule has 6 aromatic rings. The summed E-state index contributed by atoms with van der Waals surface area (Å²) in [6.07, 6.45) is 19.8. The second kappa shape index (κ2) is 27.9. The maximum Gasteiger partial charge on any atom is 2.00 e. The van der Waals surface area contributed by atoms with Crippen molar-refractivity contribution in [3.63, 3.8) is 0 Å². The number of allylic oxidation sites excluding steroid dienone is 5. The Balaban J connectivity index is 0.000000266. The number of hydrogen-bond donors (Lipinski definition) is 0. The van der Waals surface area contributed by atoms with E-state index in [2.05, 4.69) is 216 Å². The molecule has 0 radical (unpaired) electrons. The van der Waals surface area contributed by atoms with Gasteiger partial charge in [0.05, 0.1) is 0 Å². The smallest absolute Gasteiger partial charge is 0.298 e.